The molecule has 1 fully saturated rings. The van der Waals surface area contributed by atoms with Gasteiger partial charge in [-0.15, -0.1) is 0 Å². The average molecular weight is 506 g/mol. The standard InChI is InChI=1S/C28H27NO8/c1-18(29)34-28-24(37-27(32)21-15-9-4-10-16-21)23(36-26(31)20-13-7-3-8-14-20)22(35-28)17-33-25(30)19-11-5-2-6-12-19/h2-16,18,22-24,28H,17,29H2,1H3/t18?,22-,23-,24-,28?/m1/s1. The number of ether oxygens (including phenoxy) is 5. The highest BCUT2D eigenvalue weighted by molar-refractivity contribution is 5.91. The van der Waals surface area contributed by atoms with Gasteiger partial charge < -0.3 is 29.4 Å². The molecule has 1 aliphatic heterocycles. The van der Waals surface area contributed by atoms with Crippen molar-refractivity contribution in [1.82, 2.24) is 0 Å². The summed E-state index contributed by atoms with van der Waals surface area (Å²) in [5.41, 5.74) is 6.73. The molecule has 0 bridgehead atoms. The molecule has 9 heteroatoms. The van der Waals surface area contributed by atoms with E-state index < -0.39 is 48.7 Å². The number of carbonyl (C=O) groups excluding carboxylic acids is 3. The Morgan fingerprint density at radius 3 is 1.62 bits per heavy atom. The van der Waals surface area contributed by atoms with Gasteiger partial charge in [0.15, 0.2) is 12.2 Å². The van der Waals surface area contributed by atoms with Crippen LogP contribution in [0.3, 0.4) is 0 Å². The highest BCUT2D eigenvalue weighted by Gasteiger charge is 2.51. The van der Waals surface area contributed by atoms with Crippen molar-refractivity contribution in [2.24, 2.45) is 5.73 Å². The van der Waals surface area contributed by atoms with Gasteiger partial charge in [0.2, 0.25) is 6.29 Å². The fourth-order valence-electron chi connectivity index (χ4n) is 3.76. The summed E-state index contributed by atoms with van der Waals surface area (Å²) in [6.45, 7) is 1.28. The van der Waals surface area contributed by atoms with Gasteiger partial charge in [0.25, 0.3) is 0 Å². The first-order valence-electron chi connectivity index (χ1n) is 11.7. The van der Waals surface area contributed by atoms with E-state index in [-0.39, 0.29) is 17.7 Å². The first kappa shape index (κ1) is 26.0. The molecule has 3 aromatic carbocycles. The molecule has 1 saturated heterocycles. The molecule has 0 amide bonds. The summed E-state index contributed by atoms with van der Waals surface area (Å²) < 4.78 is 28.5. The minimum atomic E-state index is -1.19. The Kier molecular flexibility index (Phi) is 8.63. The van der Waals surface area contributed by atoms with Gasteiger partial charge in [-0.05, 0) is 43.3 Å². The van der Waals surface area contributed by atoms with Gasteiger partial charge in [-0.25, -0.2) is 14.4 Å². The Hall–Kier alpha value is -4.05. The zero-order chi connectivity index (χ0) is 26.2. The van der Waals surface area contributed by atoms with Gasteiger partial charge in [-0.2, -0.15) is 0 Å². The van der Waals surface area contributed by atoms with Crippen molar-refractivity contribution < 1.29 is 38.1 Å². The SMILES string of the molecule is CC(N)OC1O[C@H](COC(=O)c2ccccc2)[C@@H](OC(=O)c2ccccc2)[C@H]1OC(=O)c1ccccc1. The lowest BCUT2D eigenvalue weighted by Crippen LogP contribution is -2.43. The molecular weight excluding hydrogens is 478 g/mol. The number of hydrogen-bond acceptors (Lipinski definition) is 9. The Balaban J connectivity index is 1.58. The lowest BCUT2D eigenvalue weighted by atomic mass is 10.1. The van der Waals surface area contributed by atoms with Crippen LogP contribution in [0.1, 0.15) is 38.0 Å². The highest BCUT2D eigenvalue weighted by atomic mass is 16.7. The van der Waals surface area contributed by atoms with E-state index in [1.807, 2.05) is 0 Å². The second kappa shape index (κ2) is 12.3. The first-order valence-corrected chi connectivity index (χ1v) is 11.7. The number of esters is 3. The second-order valence-electron chi connectivity index (χ2n) is 8.32. The molecule has 0 aromatic heterocycles. The van der Waals surface area contributed by atoms with E-state index in [1.165, 1.54) is 0 Å². The van der Waals surface area contributed by atoms with Crippen molar-refractivity contribution in [1.29, 1.82) is 0 Å². The maximum absolute atomic E-state index is 12.9. The highest BCUT2D eigenvalue weighted by Crippen LogP contribution is 2.30. The number of hydrogen-bond donors (Lipinski definition) is 1. The van der Waals surface area contributed by atoms with Gasteiger partial charge in [-0.3, -0.25) is 0 Å². The summed E-state index contributed by atoms with van der Waals surface area (Å²) in [7, 11) is 0. The van der Waals surface area contributed by atoms with Gasteiger partial charge in [0.05, 0.1) is 16.7 Å². The van der Waals surface area contributed by atoms with E-state index in [1.54, 1.807) is 97.9 Å². The Labute approximate surface area is 214 Å². The van der Waals surface area contributed by atoms with E-state index in [9.17, 15) is 14.4 Å². The van der Waals surface area contributed by atoms with Crippen molar-refractivity contribution in [3.05, 3.63) is 108 Å². The minimum absolute atomic E-state index is 0.284. The van der Waals surface area contributed by atoms with E-state index >= 15 is 0 Å². The predicted octanol–water partition coefficient (Wildman–Crippen LogP) is 3.34. The minimum Gasteiger partial charge on any atom is -0.459 e. The summed E-state index contributed by atoms with van der Waals surface area (Å²) in [4.78, 5) is 38.4. The first-order chi connectivity index (χ1) is 17.9. The van der Waals surface area contributed by atoms with Gasteiger partial charge in [0.1, 0.15) is 18.9 Å². The van der Waals surface area contributed by atoms with Gasteiger partial charge in [-0.1, -0.05) is 54.6 Å². The van der Waals surface area contributed by atoms with Crippen LogP contribution in [0.5, 0.6) is 0 Å². The normalized spacial score (nSPS) is 21.6. The monoisotopic (exact) mass is 505 g/mol. The average Bonchev–Trinajstić information content (AvgIpc) is 3.23. The smallest absolute Gasteiger partial charge is 0.338 e. The molecule has 37 heavy (non-hydrogen) atoms. The van der Waals surface area contributed by atoms with Gasteiger partial charge >= 0.3 is 17.9 Å². The van der Waals surface area contributed by atoms with Crippen LogP contribution in [-0.2, 0) is 23.7 Å². The largest absolute Gasteiger partial charge is 0.459 e. The zero-order valence-electron chi connectivity index (χ0n) is 20.1. The van der Waals surface area contributed by atoms with Crippen LogP contribution in [0, 0.1) is 0 Å². The van der Waals surface area contributed by atoms with Crippen LogP contribution in [0.4, 0.5) is 0 Å². The van der Waals surface area contributed by atoms with E-state index in [0.29, 0.717) is 5.56 Å². The third-order valence-electron chi connectivity index (χ3n) is 5.51. The van der Waals surface area contributed by atoms with Crippen LogP contribution >= 0.6 is 0 Å². The number of rotatable bonds is 9. The molecule has 192 valence electrons. The lowest BCUT2D eigenvalue weighted by molar-refractivity contribution is -0.189. The van der Waals surface area contributed by atoms with Gasteiger partial charge in [0, 0.05) is 0 Å². The molecule has 0 spiro atoms. The zero-order valence-corrected chi connectivity index (χ0v) is 20.1. The fraction of sp³-hybridized carbons (Fsp3) is 0.250. The van der Waals surface area contributed by atoms with Crippen molar-refractivity contribution in [3.8, 4) is 0 Å². The second-order valence-corrected chi connectivity index (χ2v) is 8.32. The maximum Gasteiger partial charge on any atom is 0.338 e. The van der Waals surface area contributed by atoms with Crippen molar-refractivity contribution in [3.63, 3.8) is 0 Å². The Bertz CT molecular complexity index is 1190. The van der Waals surface area contributed by atoms with Crippen LogP contribution in [-0.4, -0.2) is 55.3 Å². The molecule has 1 aliphatic rings. The van der Waals surface area contributed by atoms with Crippen LogP contribution < -0.4 is 5.73 Å². The van der Waals surface area contributed by atoms with E-state index in [4.69, 9.17) is 29.4 Å². The fourth-order valence-corrected chi connectivity index (χ4v) is 3.76. The van der Waals surface area contributed by atoms with E-state index in [0.717, 1.165) is 0 Å². The Morgan fingerprint density at radius 2 is 1.16 bits per heavy atom. The Morgan fingerprint density at radius 1 is 0.730 bits per heavy atom. The summed E-state index contributed by atoms with van der Waals surface area (Å²) >= 11 is 0. The molecule has 2 unspecified atom stereocenters. The summed E-state index contributed by atoms with van der Waals surface area (Å²) in [5.74, 6) is -1.93. The number of nitrogens with two attached hydrogens (primary N) is 1. The summed E-state index contributed by atoms with van der Waals surface area (Å²) in [6.07, 6.45) is -5.32. The van der Waals surface area contributed by atoms with Crippen LogP contribution in [0.15, 0.2) is 91.0 Å². The van der Waals surface area contributed by atoms with E-state index in [2.05, 4.69) is 0 Å². The molecule has 5 atom stereocenters. The summed E-state index contributed by atoms with van der Waals surface area (Å²) in [6, 6.07) is 25.0. The van der Waals surface area contributed by atoms with Crippen molar-refractivity contribution >= 4 is 17.9 Å². The molecule has 0 radical (unpaired) electrons. The lowest BCUT2D eigenvalue weighted by Gasteiger charge is -2.25. The number of benzene rings is 3. The molecular formula is C28H27NO8. The summed E-state index contributed by atoms with van der Waals surface area (Å²) in [5, 5.41) is 0. The molecule has 0 saturated carbocycles. The predicted molar refractivity (Wildman–Crippen MR) is 131 cm³/mol. The number of carbonyl (C=O) groups is 3. The molecule has 2 N–H and O–H groups in total. The molecule has 1 heterocycles. The maximum atomic E-state index is 12.9. The molecule has 4 rings (SSSR count). The third-order valence-corrected chi connectivity index (χ3v) is 5.51. The topological polar surface area (TPSA) is 123 Å². The molecule has 3 aromatic rings. The molecule has 9 nitrogen and oxygen atoms in total. The van der Waals surface area contributed by atoms with Crippen LogP contribution in [0.2, 0.25) is 0 Å². The third kappa shape index (κ3) is 6.79. The van der Waals surface area contributed by atoms with Crippen molar-refractivity contribution in [2.75, 3.05) is 6.61 Å². The van der Waals surface area contributed by atoms with Crippen LogP contribution in [0.25, 0.3) is 0 Å². The quantitative estimate of drug-likeness (QED) is 0.265. The molecule has 0 aliphatic carbocycles. The van der Waals surface area contributed by atoms with Crippen molar-refractivity contribution in [2.45, 2.75) is 37.8 Å².